The Balaban J connectivity index is 1.61. The summed E-state index contributed by atoms with van der Waals surface area (Å²) in [7, 11) is 0. The summed E-state index contributed by atoms with van der Waals surface area (Å²) in [6, 6.07) is 12.1. The van der Waals surface area contributed by atoms with Crippen molar-refractivity contribution < 1.29 is 19.1 Å². The Bertz CT molecular complexity index is 913. The zero-order valence-corrected chi connectivity index (χ0v) is 16.3. The minimum atomic E-state index is -0.651. The lowest BCUT2D eigenvalue weighted by Gasteiger charge is -2.18. The van der Waals surface area contributed by atoms with Crippen molar-refractivity contribution in [2.24, 2.45) is 0 Å². The average Bonchev–Trinajstić information content (AvgIpc) is 3.12. The van der Waals surface area contributed by atoms with E-state index in [0.29, 0.717) is 29.4 Å². The fourth-order valence-corrected chi connectivity index (χ4v) is 3.25. The van der Waals surface area contributed by atoms with Gasteiger partial charge in [-0.15, -0.1) is 0 Å². The van der Waals surface area contributed by atoms with Gasteiger partial charge in [0.2, 0.25) is 5.91 Å². The van der Waals surface area contributed by atoms with E-state index in [1.165, 1.54) is 12.1 Å². The molecule has 6 nitrogen and oxygen atoms in total. The van der Waals surface area contributed by atoms with Crippen molar-refractivity contribution in [3.63, 3.8) is 0 Å². The first-order valence-electron chi connectivity index (χ1n) is 9.13. The molecule has 2 aromatic rings. The summed E-state index contributed by atoms with van der Waals surface area (Å²) in [5.74, 6) is -1.10. The highest BCUT2D eigenvalue weighted by atomic mass is 35.5. The van der Waals surface area contributed by atoms with Gasteiger partial charge in [0.25, 0.3) is 5.91 Å². The molecule has 1 aliphatic heterocycles. The molecule has 1 aliphatic rings. The maximum atomic E-state index is 12.3. The van der Waals surface area contributed by atoms with Crippen LogP contribution in [-0.4, -0.2) is 30.9 Å². The predicted octanol–water partition coefficient (Wildman–Crippen LogP) is 3.82. The lowest BCUT2D eigenvalue weighted by atomic mass is 10.1. The third-order valence-electron chi connectivity index (χ3n) is 4.50. The smallest absolute Gasteiger partial charge is 0.338 e. The van der Waals surface area contributed by atoms with Crippen molar-refractivity contribution in [3.05, 3.63) is 58.6 Å². The van der Waals surface area contributed by atoms with Crippen LogP contribution >= 0.6 is 11.6 Å². The second-order valence-corrected chi connectivity index (χ2v) is 6.90. The standard InChI is InChI=1S/C21H21ClN2O4/c1-2-14-5-3-6-16(11-14)23-19(25)13-28-21(27)15-8-9-17(22)18(12-15)24-10-4-7-20(24)26/h3,5-6,8-9,11-12H,2,4,7,10,13H2,1H3,(H,23,25). The third kappa shape index (κ3) is 4.70. The number of hydrogen-bond donors (Lipinski definition) is 1. The molecule has 0 atom stereocenters. The summed E-state index contributed by atoms with van der Waals surface area (Å²) in [6.45, 7) is 2.19. The number of aryl methyl sites for hydroxylation is 1. The van der Waals surface area contributed by atoms with Crippen LogP contribution in [-0.2, 0) is 20.7 Å². The van der Waals surface area contributed by atoms with Crippen LogP contribution in [0, 0.1) is 0 Å². The molecule has 2 amide bonds. The van der Waals surface area contributed by atoms with Crippen LogP contribution in [0.15, 0.2) is 42.5 Å². The molecule has 7 heteroatoms. The van der Waals surface area contributed by atoms with E-state index in [1.807, 2.05) is 25.1 Å². The van der Waals surface area contributed by atoms with Gasteiger partial charge in [-0.2, -0.15) is 0 Å². The van der Waals surface area contributed by atoms with Gasteiger partial charge < -0.3 is 15.0 Å². The monoisotopic (exact) mass is 400 g/mol. The summed E-state index contributed by atoms with van der Waals surface area (Å²) in [4.78, 5) is 37.9. The SMILES string of the molecule is CCc1cccc(NC(=O)COC(=O)c2ccc(Cl)c(N3CCCC3=O)c2)c1. The number of hydrogen-bond acceptors (Lipinski definition) is 4. The first kappa shape index (κ1) is 19.9. The third-order valence-corrected chi connectivity index (χ3v) is 4.82. The van der Waals surface area contributed by atoms with Crippen LogP contribution in [0.1, 0.15) is 35.7 Å². The second-order valence-electron chi connectivity index (χ2n) is 6.49. The molecule has 3 rings (SSSR count). The van der Waals surface area contributed by atoms with E-state index in [-0.39, 0.29) is 11.5 Å². The minimum absolute atomic E-state index is 0.0268. The summed E-state index contributed by atoms with van der Waals surface area (Å²) in [6.07, 6.45) is 2.07. The summed E-state index contributed by atoms with van der Waals surface area (Å²) in [5.41, 5.74) is 2.47. The average molecular weight is 401 g/mol. The van der Waals surface area contributed by atoms with Gasteiger partial charge >= 0.3 is 5.97 Å². The molecule has 0 unspecified atom stereocenters. The minimum Gasteiger partial charge on any atom is -0.452 e. The van der Waals surface area contributed by atoms with Crippen molar-refractivity contribution in [2.75, 3.05) is 23.4 Å². The van der Waals surface area contributed by atoms with E-state index in [1.54, 1.807) is 17.0 Å². The fraction of sp³-hybridized carbons (Fsp3) is 0.286. The lowest BCUT2D eigenvalue weighted by molar-refractivity contribution is -0.119. The topological polar surface area (TPSA) is 75.7 Å². The van der Waals surface area contributed by atoms with Crippen molar-refractivity contribution in [3.8, 4) is 0 Å². The van der Waals surface area contributed by atoms with Crippen molar-refractivity contribution >= 4 is 40.8 Å². The molecular formula is C21H21ClN2O4. The zero-order valence-electron chi connectivity index (χ0n) is 15.5. The maximum Gasteiger partial charge on any atom is 0.338 e. The Morgan fingerprint density at radius 1 is 1.21 bits per heavy atom. The van der Waals surface area contributed by atoms with Crippen LogP contribution < -0.4 is 10.2 Å². The van der Waals surface area contributed by atoms with E-state index in [2.05, 4.69) is 5.32 Å². The molecule has 0 spiro atoms. The Labute approximate surface area is 168 Å². The van der Waals surface area contributed by atoms with Crippen LogP contribution in [0.2, 0.25) is 5.02 Å². The maximum absolute atomic E-state index is 12.3. The van der Waals surface area contributed by atoms with E-state index >= 15 is 0 Å². The van der Waals surface area contributed by atoms with Gasteiger partial charge in [-0.3, -0.25) is 9.59 Å². The van der Waals surface area contributed by atoms with Gasteiger partial charge in [-0.1, -0.05) is 30.7 Å². The number of ether oxygens (including phenoxy) is 1. The molecule has 1 fully saturated rings. The number of carbonyl (C=O) groups excluding carboxylic acids is 3. The number of halogens is 1. The molecule has 1 N–H and O–H groups in total. The van der Waals surface area contributed by atoms with Gasteiger partial charge in [0.05, 0.1) is 16.3 Å². The number of esters is 1. The van der Waals surface area contributed by atoms with Crippen molar-refractivity contribution in [1.82, 2.24) is 0 Å². The normalized spacial score (nSPS) is 13.5. The van der Waals surface area contributed by atoms with Crippen LogP contribution in [0.25, 0.3) is 0 Å². The number of anilines is 2. The van der Waals surface area contributed by atoms with E-state index in [9.17, 15) is 14.4 Å². The van der Waals surface area contributed by atoms with E-state index in [4.69, 9.17) is 16.3 Å². The van der Waals surface area contributed by atoms with Crippen LogP contribution in [0.4, 0.5) is 11.4 Å². The fourth-order valence-electron chi connectivity index (χ4n) is 3.03. The molecule has 28 heavy (non-hydrogen) atoms. The van der Waals surface area contributed by atoms with E-state index < -0.39 is 18.5 Å². The summed E-state index contributed by atoms with van der Waals surface area (Å²) in [5, 5.41) is 3.09. The van der Waals surface area contributed by atoms with Gasteiger partial charge in [0, 0.05) is 18.7 Å². The molecule has 1 saturated heterocycles. The van der Waals surface area contributed by atoms with Gasteiger partial charge in [-0.25, -0.2) is 4.79 Å². The largest absolute Gasteiger partial charge is 0.452 e. The summed E-state index contributed by atoms with van der Waals surface area (Å²) >= 11 is 6.18. The number of nitrogens with one attached hydrogen (secondary N) is 1. The molecule has 0 bridgehead atoms. The first-order valence-corrected chi connectivity index (χ1v) is 9.51. The summed E-state index contributed by atoms with van der Waals surface area (Å²) < 4.78 is 5.11. The number of rotatable bonds is 6. The number of amides is 2. The molecule has 0 aliphatic carbocycles. The second kappa shape index (κ2) is 8.89. The molecule has 0 saturated carbocycles. The van der Waals surface area contributed by atoms with Crippen molar-refractivity contribution in [1.29, 1.82) is 0 Å². The first-order chi connectivity index (χ1) is 13.5. The molecule has 0 aromatic heterocycles. The van der Waals surface area contributed by atoms with Crippen LogP contribution in [0.5, 0.6) is 0 Å². The lowest BCUT2D eigenvalue weighted by Crippen LogP contribution is -2.24. The Morgan fingerprint density at radius 3 is 2.75 bits per heavy atom. The number of nitrogens with zero attached hydrogens (tertiary/aromatic N) is 1. The zero-order chi connectivity index (χ0) is 20.1. The van der Waals surface area contributed by atoms with E-state index in [0.717, 1.165) is 18.4 Å². The van der Waals surface area contributed by atoms with Gasteiger partial charge in [0.1, 0.15) is 0 Å². The highest BCUT2D eigenvalue weighted by Crippen LogP contribution is 2.30. The quantitative estimate of drug-likeness (QED) is 0.748. The number of benzene rings is 2. The molecule has 0 radical (unpaired) electrons. The molecule has 146 valence electrons. The van der Waals surface area contributed by atoms with Gasteiger partial charge in [0.15, 0.2) is 6.61 Å². The number of carbonyl (C=O) groups is 3. The Morgan fingerprint density at radius 2 is 2.04 bits per heavy atom. The van der Waals surface area contributed by atoms with Crippen LogP contribution in [0.3, 0.4) is 0 Å². The van der Waals surface area contributed by atoms with Gasteiger partial charge in [-0.05, 0) is 48.7 Å². The predicted molar refractivity (Wildman–Crippen MR) is 108 cm³/mol. The molecular weight excluding hydrogens is 380 g/mol. The highest BCUT2D eigenvalue weighted by molar-refractivity contribution is 6.34. The van der Waals surface area contributed by atoms with Crippen molar-refractivity contribution in [2.45, 2.75) is 26.2 Å². The highest BCUT2D eigenvalue weighted by Gasteiger charge is 2.24. The molecule has 2 aromatic carbocycles. The Hall–Kier alpha value is -2.86. The Kier molecular flexibility index (Phi) is 6.31. The molecule has 1 heterocycles.